The summed E-state index contributed by atoms with van der Waals surface area (Å²) in [5.41, 5.74) is 0.196. The van der Waals surface area contributed by atoms with E-state index in [4.69, 9.17) is 14.7 Å². The lowest BCUT2D eigenvalue weighted by Crippen LogP contribution is -2.27. The maximum atomic E-state index is 11.4. The van der Waals surface area contributed by atoms with Gasteiger partial charge in [0.2, 0.25) is 0 Å². The maximum Gasteiger partial charge on any atom is 0.262 e. The Morgan fingerprint density at radius 1 is 1.59 bits per heavy atom. The van der Waals surface area contributed by atoms with Gasteiger partial charge in [0, 0.05) is 7.05 Å². The summed E-state index contributed by atoms with van der Waals surface area (Å²) in [6.45, 7) is 2.09. The highest BCUT2D eigenvalue weighted by Crippen LogP contribution is 2.17. The van der Waals surface area contributed by atoms with Gasteiger partial charge in [-0.2, -0.15) is 5.10 Å². The molecule has 0 aromatic carbocycles. The molecule has 0 spiro atoms. The van der Waals surface area contributed by atoms with Gasteiger partial charge in [-0.15, -0.1) is 0 Å². The highest BCUT2D eigenvalue weighted by molar-refractivity contribution is 7.89. The molecular formula is C8H12N4O4S. The molecule has 1 aromatic heterocycles. The summed E-state index contributed by atoms with van der Waals surface area (Å²) >= 11 is 0. The third kappa shape index (κ3) is 2.24. The maximum absolute atomic E-state index is 11.4. The lowest BCUT2D eigenvalue weighted by molar-refractivity contribution is 0.0194. The summed E-state index contributed by atoms with van der Waals surface area (Å²) in [7, 11) is -2.43. The number of oxime groups is 1. The van der Waals surface area contributed by atoms with Gasteiger partial charge in [0.05, 0.1) is 11.8 Å². The Hall–Kier alpha value is -1.61. The van der Waals surface area contributed by atoms with Crippen molar-refractivity contribution < 1.29 is 18.0 Å². The van der Waals surface area contributed by atoms with E-state index in [2.05, 4.69) is 10.3 Å². The first-order valence-corrected chi connectivity index (χ1v) is 6.36. The average molecular weight is 260 g/mol. The first-order valence-electron chi connectivity index (χ1n) is 4.81. The predicted molar refractivity (Wildman–Crippen MR) is 57.6 cm³/mol. The molecule has 2 rings (SSSR count). The minimum absolute atomic E-state index is 0.0703. The first-order chi connectivity index (χ1) is 7.89. The lowest BCUT2D eigenvalue weighted by atomic mass is 10.3. The van der Waals surface area contributed by atoms with Crippen LogP contribution in [0.1, 0.15) is 12.5 Å². The molecule has 2 heterocycles. The third-order valence-electron chi connectivity index (χ3n) is 2.15. The summed E-state index contributed by atoms with van der Waals surface area (Å²) in [5, 5.41) is 12.4. The summed E-state index contributed by atoms with van der Waals surface area (Å²) in [6.07, 6.45) is 1.11. The van der Waals surface area contributed by atoms with Gasteiger partial charge in [0.15, 0.2) is 11.6 Å². The minimum Gasteiger partial charge on any atom is -0.468 e. The number of rotatable bonds is 2. The molecule has 1 unspecified atom stereocenters. The van der Waals surface area contributed by atoms with Crippen LogP contribution in [0, 0.1) is 0 Å². The molecule has 0 radical (unpaired) electrons. The topological polar surface area (TPSA) is 109 Å². The van der Waals surface area contributed by atoms with Crippen LogP contribution in [-0.4, -0.2) is 36.8 Å². The van der Waals surface area contributed by atoms with Crippen LogP contribution in [0.25, 0.3) is 0 Å². The third-order valence-corrected chi connectivity index (χ3v) is 3.18. The van der Waals surface area contributed by atoms with Gasteiger partial charge >= 0.3 is 0 Å². The van der Waals surface area contributed by atoms with Gasteiger partial charge in [-0.1, -0.05) is 0 Å². The number of nitrogens with two attached hydrogens (primary N) is 1. The Morgan fingerprint density at radius 2 is 2.29 bits per heavy atom. The lowest BCUT2D eigenvalue weighted by Gasteiger charge is -2.19. The zero-order valence-electron chi connectivity index (χ0n) is 9.32. The van der Waals surface area contributed by atoms with Gasteiger partial charge in [0.25, 0.3) is 15.9 Å². The van der Waals surface area contributed by atoms with Gasteiger partial charge < -0.3 is 9.57 Å². The first kappa shape index (κ1) is 11.9. The molecule has 1 aromatic rings. The number of sulfonamides is 1. The van der Waals surface area contributed by atoms with Crippen molar-refractivity contribution in [1.82, 2.24) is 9.78 Å². The van der Waals surface area contributed by atoms with Gasteiger partial charge in [0.1, 0.15) is 6.10 Å². The normalized spacial score (nSPS) is 20.4. The van der Waals surface area contributed by atoms with Crippen LogP contribution >= 0.6 is 0 Å². The smallest absolute Gasteiger partial charge is 0.262 e. The van der Waals surface area contributed by atoms with Crippen LogP contribution < -0.4 is 5.14 Å². The molecule has 2 N–H and O–H groups in total. The zero-order valence-corrected chi connectivity index (χ0v) is 10.1. The standard InChI is InChI=1S/C8H12N4O4S/c1-5-4-15-11-7(16-5)6-3-10-12(2)8(6)17(9,13)14/h3,5H,4H2,1-2H3,(H2,9,13,14). The fraction of sp³-hybridized carbons (Fsp3) is 0.500. The fourth-order valence-electron chi connectivity index (χ4n) is 1.47. The van der Waals surface area contributed by atoms with Crippen molar-refractivity contribution in [2.45, 2.75) is 18.1 Å². The summed E-state index contributed by atoms with van der Waals surface area (Å²) < 4.78 is 29.4. The molecule has 0 saturated carbocycles. The molecule has 0 fully saturated rings. The van der Waals surface area contributed by atoms with Crippen molar-refractivity contribution in [3.63, 3.8) is 0 Å². The van der Waals surface area contributed by atoms with E-state index in [-0.39, 0.29) is 22.6 Å². The molecule has 1 aliphatic rings. The fourth-order valence-corrected chi connectivity index (χ4v) is 2.33. The Balaban J connectivity index is 2.51. The van der Waals surface area contributed by atoms with Crippen molar-refractivity contribution in [3.8, 4) is 0 Å². The predicted octanol–water partition coefficient (Wildman–Crippen LogP) is -0.836. The SMILES string of the molecule is CC1CON=C(c2cnn(C)c2S(N)(=O)=O)O1. The number of hydrogen-bond donors (Lipinski definition) is 1. The molecule has 17 heavy (non-hydrogen) atoms. The quantitative estimate of drug-likeness (QED) is 0.746. The second-order valence-corrected chi connectivity index (χ2v) is 5.13. The van der Waals surface area contributed by atoms with E-state index in [1.54, 1.807) is 6.92 Å². The molecular weight excluding hydrogens is 248 g/mol. The van der Waals surface area contributed by atoms with E-state index in [9.17, 15) is 8.42 Å². The summed E-state index contributed by atoms with van der Waals surface area (Å²) in [5.74, 6) is 0.0703. The number of aryl methyl sites for hydroxylation is 1. The van der Waals surface area contributed by atoms with E-state index in [1.807, 2.05) is 0 Å². The monoisotopic (exact) mass is 260 g/mol. The molecule has 0 amide bonds. The largest absolute Gasteiger partial charge is 0.468 e. The molecule has 0 saturated heterocycles. The van der Waals surface area contributed by atoms with Crippen LogP contribution in [-0.2, 0) is 26.6 Å². The number of ether oxygens (including phenoxy) is 1. The van der Waals surface area contributed by atoms with Crippen LogP contribution in [0.4, 0.5) is 0 Å². The van der Waals surface area contributed by atoms with Crippen LogP contribution in [0.3, 0.4) is 0 Å². The summed E-state index contributed by atoms with van der Waals surface area (Å²) in [6, 6.07) is 0. The highest BCUT2D eigenvalue weighted by Gasteiger charge is 2.27. The molecule has 94 valence electrons. The van der Waals surface area contributed by atoms with Crippen molar-refractivity contribution >= 4 is 15.9 Å². The van der Waals surface area contributed by atoms with E-state index >= 15 is 0 Å². The second-order valence-electron chi connectivity index (χ2n) is 3.65. The van der Waals surface area contributed by atoms with E-state index in [0.29, 0.717) is 6.61 Å². The molecule has 1 aliphatic heterocycles. The number of nitrogens with zero attached hydrogens (tertiary/aromatic N) is 3. The van der Waals surface area contributed by atoms with E-state index in [0.717, 1.165) is 4.68 Å². The van der Waals surface area contributed by atoms with Crippen LogP contribution in [0.15, 0.2) is 16.4 Å². The molecule has 0 aliphatic carbocycles. The van der Waals surface area contributed by atoms with Crippen molar-refractivity contribution in [1.29, 1.82) is 0 Å². The molecule has 8 nitrogen and oxygen atoms in total. The summed E-state index contributed by atoms with van der Waals surface area (Å²) in [4.78, 5) is 4.92. The average Bonchev–Trinajstić information content (AvgIpc) is 2.59. The molecule has 0 bridgehead atoms. The van der Waals surface area contributed by atoms with Crippen molar-refractivity contribution in [2.24, 2.45) is 17.3 Å². The number of aromatic nitrogens is 2. The van der Waals surface area contributed by atoms with Gasteiger partial charge in [-0.3, -0.25) is 4.68 Å². The molecule has 9 heteroatoms. The van der Waals surface area contributed by atoms with E-state index in [1.165, 1.54) is 13.2 Å². The highest BCUT2D eigenvalue weighted by atomic mass is 32.2. The van der Waals surface area contributed by atoms with Gasteiger partial charge in [-0.05, 0) is 12.1 Å². The van der Waals surface area contributed by atoms with Gasteiger partial charge in [-0.25, -0.2) is 13.6 Å². The van der Waals surface area contributed by atoms with Crippen LogP contribution in [0.5, 0.6) is 0 Å². The zero-order chi connectivity index (χ0) is 12.6. The Labute approximate surface area is 98.0 Å². The van der Waals surface area contributed by atoms with Crippen LogP contribution in [0.2, 0.25) is 0 Å². The van der Waals surface area contributed by atoms with Crippen molar-refractivity contribution in [3.05, 3.63) is 11.8 Å². The Bertz CT molecular complexity index is 562. The Morgan fingerprint density at radius 3 is 2.88 bits per heavy atom. The Kier molecular flexibility index (Phi) is 2.79. The number of primary sulfonamides is 1. The number of hydrogen-bond acceptors (Lipinski definition) is 6. The molecule has 1 atom stereocenters. The minimum atomic E-state index is -3.90. The second kappa shape index (κ2) is 4.00. The van der Waals surface area contributed by atoms with E-state index < -0.39 is 10.0 Å². The van der Waals surface area contributed by atoms with Crippen molar-refractivity contribution in [2.75, 3.05) is 6.61 Å².